The van der Waals surface area contributed by atoms with Crippen molar-refractivity contribution in [3.63, 3.8) is 0 Å². The molecule has 0 unspecified atom stereocenters. The van der Waals surface area contributed by atoms with Gasteiger partial charge in [0.05, 0.1) is 6.26 Å². The zero-order valence-corrected chi connectivity index (χ0v) is 15.7. The number of piperazine rings is 1. The van der Waals surface area contributed by atoms with Crippen molar-refractivity contribution >= 4 is 17.8 Å². The summed E-state index contributed by atoms with van der Waals surface area (Å²) in [5.41, 5.74) is 1.26. The van der Waals surface area contributed by atoms with E-state index < -0.39 is 0 Å². The third-order valence-electron chi connectivity index (χ3n) is 4.66. The number of anilines is 1. The molecule has 9 nitrogen and oxygen atoms in total. The van der Waals surface area contributed by atoms with Crippen LogP contribution < -0.4 is 10.2 Å². The summed E-state index contributed by atoms with van der Waals surface area (Å²) in [6.45, 7) is 2.61. The summed E-state index contributed by atoms with van der Waals surface area (Å²) in [5, 5.41) is 2.84. The first-order valence-electron chi connectivity index (χ1n) is 9.28. The molecular weight excluding hydrogens is 372 g/mol. The van der Waals surface area contributed by atoms with E-state index in [1.54, 1.807) is 41.7 Å². The molecule has 9 heteroatoms. The van der Waals surface area contributed by atoms with Crippen LogP contribution in [0.3, 0.4) is 0 Å². The molecule has 0 radical (unpaired) electrons. The van der Waals surface area contributed by atoms with E-state index in [0.717, 1.165) is 5.56 Å². The Morgan fingerprint density at radius 3 is 2.55 bits per heavy atom. The molecule has 0 atom stereocenters. The summed E-state index contributed by atoms with van der Waals surface area (Å²) in [4.78, 5) is 41.1. The molecule has 2 amide bonds. The lowest BCUT2D eigenvalue weighted by molar-refractivity contribution is 0.0714. The average Bonchev–Trinajstić information content (AvgIpc) is 3.33. The number of aromatic nitrogens is 3. The van der Waals surface area contributed by atoms with Crippen molar-refractivity contribution in [2.45, 2.75) is 6.54 Å². The highest BCUT2D eigenvalue weighted by molar-refractivity contribution is 5.92. The Morgan fingerprint density at radius 2 is 1.83 bits per heavy atom. The maximum Gasteiger partial charge on any atom is 0.289 e. The van der Waals surface area contributed by atoms with Crippen LogP contribution in [-0.4, -0.2) is 57.8 Å². The molecular formula is C20H20N6O3. The molecule has 1 aliphatic rings. The molecule has 29 heavy (non-hydrogen) atoms. The lowest BCUT2D eigenvalue weighted by atomic mass is 10.2. The number of amides is 2. The molecule has 0 bridgehead atoms. The van der Waals surface area contributed by atoms with Crippen LogP contribution in [0.4, 0.5) is 5.95 Å². The van der Waals surface area contributed by atoms with E-state index in [2.05, 4.69) is 20.3 Å². The Hall–Kier alpha value is -3.75. The molecule has 4 heterocycles. The second-order valence-corrected chi connectivity index (χ2v) is 6.54. The van der Waals surface area contributed by atoms with Crippen LogP contribution >= 0.6 is 0 Å². The number of furan rings is 1. The van der Waals surface area contributed by atoms with Gasteiger partial charge < -0.3 is 19.5 Å². The van der Waals surface area contributed by atoms with Crippen LogP contribution in [0, 0.1) is 0 Å². The first-order chi connectivity index (χ1) is 14.2. The molecule has 1 N–H and O–H groups in total. The number of nitrogens with zero attached hydrogens (tertiary/aromatic N) is 5. The zero-order valence-electron chi connectivity index (χ0n) is 15.7. The molecule has 0 aliphatic carbocycles. The van der Waals surface area contributed by atoms with Crippen molar-refractivity contribution in [1.29, 1.82) is 0 Å². The van der Waals surface area contributed by atoms with Crippen LogP contribution in [0.5, 0.6) is 0 Å². The fourth-order valence-electron chi connectivity index (χ4n) is 3.07. The van der Waals surface area contributed by atoms with Crippen LogP contribution in [-0.2, 0) is 6.54 Å². The van der Waals surface area contributed by atoms with Gasteiger partial charge >= 0.3 is 0 Å². The van der Waals surface area contributed by atoms with Gasteiger partial charge in [0.25, 0.3) is 11.8 Å². The fourth-order valence-corrected chi connectivity index (χ4v) is 3.07. The van der Waals surface area contributed by atoms with Crippen molar-refractivity contribution in [3.05, 3.63) is 72.2 Å². The lowest BCUT2D eigenvalue weighted by Crippen LogP contribution is -2.49. The minimum atomic E-state index is -0.267. The van der Waals surface area contributed by atoms with Gasteiger partial charge in [-0.2, -0.15) is 0 Å². The number of pyridine rings is 1. The molecule has 1 saturated heterocycles. The van der Waals surface area contributed by atoms with Gasteiger partial charge in [-0.25, -0.2) is 9.97 Å². The number of nitrogens with one attached hydrogen (secondary N) is 1. The molecule has 3 aromatic heterocycles. The minimum Gasteiger partial charge on any atom is -0.459 e. The van der Waals surface area contributed by atoms with Crippen molar-refractivity contribution < 1.29 is 14.0 Å². The van der Waals surface area contributed by atoms with Gasteiger partial charge in [0.2, 0.25) is 5.95 Å². The summed E-state index contributed by atoms with van der Waals surface area (Å²) in [5.74, 6) is 0.422. The third kappa shape index (κ3) is 4.40. The summed E-state index contributed by atoms with van der Waals surface area (Å²) in [6, 6.07) is 8.63. The molecule has 0 spiro atoms. The summed E-state index contributed by atoms with van der Waals surface area (Å²) in [6.07, 6.45) is 6.42. The van der Waals surface area contributed by atoms with E-state index in [0.29, 0.717) is 50.1 Å². The van der Waals surface area contributed by atoms with Gasteiger partial charge in [0, 0.05) is 51.3 Å². The van der Waals surface area contributed by atoms with Gasteiger partial charge in [-0.05, 0) is 35.9 Å². The summed E-state index contributed by atoms with van der Waals surface area (Å²) in [7, 11) is 0. The highest BCUT2D eigenvalue weighted by Crippen LogP contribution is 2.14. The second-order valence-electron chi connectivity index (χ2n) is 6.54. The highest BCUT2D eigenvalue weighted by atomic mass is 16.3. The number of hydrogen-bond acceptors (Lipinski definition) is 7. The zero-order chi connectivity index (χ0) is 20.1. The lowest BCUT2D eigenvalue weighted by Gasteiger charge is -2.34. The SMILES string of the molecule is O=C(NCc1ccncc1)c1ccnc(N2CCN(C(=O)c3ccco3)CC2)n1. The number of carbonyl (C=O) groups is 2. The van der Waals surface area contributed by atoms with Gasteiger partial charge in [-0.15, -0.1) is 0 Å². The topological polar surface area (TPSA) is 104 Å². The number of carbonyl (C=O) groups excluding carboxylic acids is 2. The van der Waals surface area contributed by atoms with Crippen molar-refractivity contribution in [2.24, 2.45) is 0 Å². The van der Waals surface area contributed by atoms with E-state index in [-0.39, 0.29) is 11.8 Å². The average molecular weight is 392 g/mol. The monoisotopic (exact) mass is 392 g/mol. The molecule has 0 aromatic carbocycles. The van der Waals surface area contributed by atoms with Crippen molar-refractivity contribution in [3.8, 4) is 0 Å². The van der Waals surface area contributed by atoms with E-state index in [4.69, 9.17) is 4.42 Å². The molecule has 0 saturated carbocycles. The van der Waals surface area contributed by atoms with Crippen molar-refractivity contribution in [1.82, 2.24) is 25.2 Å². The Kier molecular flexibility index (Phi) is 5.46. The number of rotatable bonds is 5. The van der Waals surface area contributed by atoms with E-state index in [1.807, 2.05) is 17.0 Å². The number of hydrogen-bond donors (Lipinski definition) is 1. The molecule has 1 fully saturated rings. The normalized spacial score (nSPS) is 13.9. The summed E-state index contributed by atoms with van der Waals surface area (Å²) < 4.78 is 5.18. The Morgan fingerprint density at radius 1 is 1.03 bits per heavy atom. The maximum absolute atomic E-state index is 12.4. The smallest absolute Gasteiger partial charge is 0.289 e. The van der Waals surface area contributed by atoms with Crippen LogP contribution in [0.15, 0.2) is 59.6 Å². The third-order valence-corrected chi connectivity index (χ3v) is 4.66. The van der Waals surface area contributed by atoms with Gasteiger partial charge in [-0.3, -0.25) is 14.6 Å². The predicted molar refractivity (Wildman–Crippen MR) is 104 cm³/mol. The molecule has 148 valence electrons. The van der Waals surface area contributed by atoms with E-state index >= 15 is 0 Å². The van der Waals surface area contributed by atoms with Gasteiger partial charge in [-0.1, -0.05) is 0 Å². The maximum atomic E-state index is 12.4. The van der Waals surface area contributed by atoms with Gasteiger partial charge in [0.1, 0.15) is 5.69 Å². The van der Waals surface area contributed by atoms with Gasteiger partial charge in [0.15, 0.2) is 5.76 Å². The van der Waals surface area contributed by atoms with Crippen LogP contribution in [0.1, 0.15) is 26.6 Å². The Bertz CT molecular complexity index is 969. The second kappa shape index (κ2) is 8.51. The first-order valence-corrected chi connectivity index (χ1v) is 9.28. The quantitative estimate of drug-likeness (QED) is 0.699. The molecule has 1 aliphatic heterocycles. The van der Waals surface area contributed by atoms with Crippen molar-refractivity contribution in [2.75, 3.05) is 31.1 Å². The Labute approximate surface area is 167 Å². The molecule has 3 aromatic rings. The fraction of sp³-hybridized carbons (Fsp3) is 0.250. The Balaban J connectivity index is 1.35. The first kappa shape index (κ1) is 18.6. The van der Waals surface area contributed by atoms with E-state index in [1.165, 1.54) is 6.26 Å². The van der Waals surface area contributed by atoms with E-state index in [9.17, 15) is 9.59 Å². The molecule has 4 rings (SSSR count). The standard InChI is InChI=1S/C20H20N6O3/c27-18(23-14-15-3-6-21-7-4-15)16-5-8-22-20(24-16)26-11-9-25(10-12-26)19(28)17-2-1-13-29-17/h1-8,13H,9-12,14H2,(H,23,27). The predicted octanol–water partition coefficient (Wildman–Crippen LogP) is 1.36. The van der Waals surface area contributed by atoms with Crippen LogP contribution in [0.2, 0.25) is 0 Å². The minimum absolute atomic E-state index is 0.125. The van der Waals surface area contributed by atoms with Crippen LogP contribution in [0.25, 0.3) is 0 Å². The summed E-state index contributed by atoms with van der Waals surface area (Å²) >= 11 is 0. The largest absolute Gasteiger partial charge is 0.459 e. The highest BCUT2D eigenvalue weighted by Gasteiger charge is 2.25.